The summed E-state index contributed by atoms with van der Waals surface area (Å²) in [6.07, 6.45) is -10.0. The van der Waals surface area contributed by atoms with Crippen LogP contribution in [0.4, 0.5) is 26.3 Å². The van der Waals surface area contributed by atoms with Crippen LogP contribution in [-0.2, 0) is 12.4 Å². The molecule has 4 rings (SSSR count). The van der Waals surface area contributed by atoms with E-state index in [1.54, 1.807) is 30.3 Å². The molecular weight excluding hydrogens is 410 g/mol. The maximum absolute atomic E-state index is 13.6. The van der Waals surface area contributed by atoms with Gasteiger partial charge in [0.2, 0.25) is 0 Å². The van der Waals surface area contributed by atoms with Crippen LogP contribution >= 0.6 is 0 Å². The molecule has 0 aliphatic heterocycles. The molecule has 2 aromatic carbocycles. The van der Waals surface area contributed by atoms with Crippen LogP contribution in [0, 0.1) is 0 Å². The zero-order valence-electron chi connectivity index (χ0n) is 15.0. The molecule has 0 amide bonds. The Hall–Kier alpha value is -3.49. The fourth-order valence-corrected chi connectivity index (χ4v) is 3.22. The number of halogens is 6. The minimum Gasteiger partial charge on any atom is -0.508 e. The highest BCUT2D eigenvalue weighted by Crippen LogP contribution is 2.42. The lowest BCUT2D eigenvalue weighted by molar-refractivity contribution is -0.146. The molecule has 0 radical (unpaired) electrons. The van der Waals surface area contributed by atoms with Gasteiger partial charge in [0.15, 0.2) is 0 Å². The van der Waals surface area contributed by atoms with Gasteiger partial charge in [-0.1, -0.05) is 42.5 Å². The van der Waals surface area contributed by atoms with E-state index in [2.05, 4.69) is 5.10 Å². The molecule has 0 bridgehead atoms. The number of fused-ring (bicyclic) bond motifs is 1. The Bertz CT molecular complexity index is 1210. The van der Waals surface area contributed by atoms with Crippen molar-refractivity contribution in [3.63, 3.8) is 0 Å². The van der Waals surface area contributed by atoms with Gasteiger partial charge in [-0.25, -0.2) is 4.52 Å². The van der Waals surface area contributed by atoms with E-state index in [0.717, 1.165) is 0 Å². The lowest BCUT2D eigenvalue weighted by Crippen LogP contribution is -2.16. The molecule has 2 heterocycles. The highest BCUT2D eigenvalue weighted by molar-refractivity contribution is 5.92. The van der Waals surface area contributed by atoms with Gasteiger partial charge in [-0.3, -0.25) is 0 Å². The number of hydrogen-bond acceptors (Lipinski definition) is 2. The topological polar surface area (TPSA) is 37.5 Å². The van der Waals surface area contributed by atoms with Crippen molar-refractivity contribution in [1.29, 1.82) is 0 Å². The van der Waals surface area contributed by atoms with Gasteiger partial charge < -0.3 is 5.11 Å². The van der Waals surface area contributed by atoms with Crippen LogP contribution in [-0.4, -0.2) is 14.7 Å². The highest BCUT2D eigenvalue weighted by Gasteiger charge is 2.40. The van der Waals surface area contributed by atoms with E-state index in [1.165, 1.54) is 24.3 Å². The number of benzene rings is 2. The fraction of sp³-hybridized carbons (Fsp3) is 0.0952. The van der Waals surface area contributed by atoms with Crippen molar-refractivity contribution in [1.82, 2.24) is 9.61 Å². The number of alkyl halides is 6. The minimum absolute atomic E-state index is 0.0510. The Labute approximate surface area is 165 Å². The lowest BCUT2D eigenvalue weighted by atomic mass is 9.99. The van der Waals surface area contributed by atoms with Crippen molar-refractivity contribution in [3.8, 4) is 28.1 Å². The first-order chi connectivity index (χ1) is 14.1. The average Bonchev–Trinajstić information content (AvgIpc) is 3.06. The third-order valence-corrected chi connectivity index (χ3v) is 4.55. The predicted molar refractivity (Wildman–Crippen MR) is 97.7 cm³/mol. The molecule has 3 nitrogen and oxygen atoms in total. The van der Waals surface area contributed by atoms with Crippen molar-refractivity contribution >= 4 is 5.52 Å². The predicted octanol–water partition coefficient (Wildman–Crippen LogP) is 6.41. The molecule has 0 atom stereocenters. The van der Waals surface area contributed by atoms with Crippen LogP contribution in [0.3, 0.4) is 0 Å². The third-order valence-electron chi connectivity index (χ3n) is 4.55. The zero-order valence-corrected chi connectivity index (χ0v) is 15.0. The number of rotatable bonds is 2. The zero-order chi connectivity index (χ0) is 21.7. The van der Waals surface area contributed by atoms with Crippen molar-refractivity contribution in [2.45, 2.75) is 12.4 Å². The minimum atomic E-state index is -5.06. The molecule has 0 saturated heterocycles. The maximum atomic E-state index is 13.6. The monoisotopic (exact) mass is 422 g/mol. The summed E-state index contributed by atoms with van der Waals surface area (Å²) in [4.78, 5) is 0. The molecule has 1 N–H and O–H groups in total. The molecular formula is C21H12F6N2O. The molecule has 0 fully saturated rings. The summed E-state index contributed by atoms with van der Waals surface area (Å²) in [7, 11) is 0. The van der Waals surface area contributed by atoms with Crippen molar-refractivity contribution in [3.05, 3.63) is 78.0 Å². The third kappa shape index (κ3) is 3.47. The number of phenols is 1. The SMILES string of the molecule is Oc1ccc(-c2c(-c3ccccc3)nn3c(C(F)(F)F)cc(C(F)(F)F)cc23)cc1. The van der Waals surface area contributed by atoms with E-state index < -0.39 is 23.6 Å². The quantitative estimate of drug-likeness (QED) is 0.379. The molecule has 9 heteroatoms. The Kier molecular flexibility index (Phi) is 4.48. The Morgan fingerprint density at radius 1 is 0.733 bits per heavy atom. The molecule has 154 valence electrons. The molecule has 0 saturated carbocycles. The Balaban J connectivity index is 2.16. The lowest BCUT2D eigenvalue weighted by Gasteiger charge is -2.14. The van der Waals surface area contributed by atoms with Gasteiger partial charge in [0.05, 0.1) is 11.1 Å². The number of aromatic hydroxyl groups is 1. The summed E-state index contributed by atoms with van der Waals surface area (Å²) < 4.78 is 81.5. The number of aromatic nitrogens is 2. The summed E-state index contributed by atoms with van der Waals surface area (Å²) in [6, 6.07) is 14.3. The molecule has 0 spiro atoms. The fourth-order valence-electron chi connectivity index (χ4n) is 3.22. The van der Waals surface area contributed by atoms with Crippen LogP contribution in [0.25, 0.3) is 27.9 Å². The number of pyridine rings is 1. The van der Waals surface area contributed by atoms with Crippen molar-refractivity contribution in [2.75, 3.05) is 0 Å². The molecule has 2 aromatic heterocycles. The highest BCUT2D eigenvalue weighted by atomic mass is 19.4. The van der Waals surface area contributed by atoms with E-state index >= 15 is 0 Å². The van der Waals surface area contributed by atoms with E-state index in [1.807, 2.05) is 0 Å². The van der Waals surface area contributed by atoms with Crippen LogP contribution < -0.4 is 0 Å². The van der Waals surface area contributed by atoms with E-state index in [0.29, 0.717) is 21.7 Å². The molecule has 4 aromatic rings. The number of hydrogen-bond donors (Lipinski definition) is 1. The first-order valence-electron chi connectivity index (χ1n) is 8.62. The number of nitrogens with zero attached hydrogens (tertiary/aromatic N) is 2. The second-order valence-corrected chi connectivity index (χ2v) is 6.56. The summed E-state index contributed by atoms with van der Waals surface area (Å²) >= 11 is 0. The maximum Gasteiger partial charge on any atom is 0.433 e. The van der Waals surface area contributed by atoms with E-state index in [-0.39, 0.29) is 28.6 Å². The summed E-state index contributed by atoms with van der Waals surface area (Å²) in [5.74, 6) is -0.0940. The smallest absolute Gasteiger partial charge is 0.433 e. The first kappa shape index (κ1) is 19.8. The summed E-state index contributed by atoms with van der Waals surface area (Å²) in [5, 5.41) is 13.6. The Morgan fingerprint density at radius 3 is 1.93 bits per heavy atom. The van der Waals surface area contributed by atoms with E-state index in [4.69, 9.17) is 0 Å². The second-order valence-electron chi connectivity index (χ2n) is 6.56. The summed E-state index contributed by atoms with van der Waals surface area (Å²) in [6.45, 7) is 0. The van der Waals surface area contributed by atoms with Crippen LogP contribution in [0.15, 0.2) is 66.7 Å². The summed E-state index contributed by atoms with van der Waals surface area (Å²) in [5.41, 5.74) is -2.37. The van der Waals surface area contributed by atoms with Gasteiger partial charge >= 0.3 is 12.4 Å². The first-order valence-corrected chi connectivity index (χ1v) is 8.62. The molecule has 30 heavy (non-hydrogen) atoms. The van der Waals surface area contributed by atoms with Crippen molar-refractivity contribution in [2.24, 2.45) is 0 Å². The molecule has 0 aliphatic rings. The molecule has 0 aliphatic carbocycles. The van der Waals surface area contributed by atoms with Crippen LogP contribution in [0.5, 0.6) is 5.75 Å². The normalized spacial score (nSPS) is 12.5. The molecule has 0 unspecified atom stereocenters. The standard InChI is InChI=1S/C21H12F6N2O/c22-20(23,24)14-10-16-18(12-6-8-15(30)9-7-12)19(13-4-2-1-3-5-13)28-29(16)17(11-14)21(25,26)27/h1-11,30H. The van der Waals surface area contributed by atoms with Crippen LogP contribution in [0.2, 0.25) is 0 Å². The second kappa shape index (κ2) is 6.79. The van der Waals surface area contributed by atoms with Crippen molar-refractivity contribution < 1.29 is 31.4 Å². The van der Waals surface area contributed by atoms with Gasteiger partial charge in [-0.15, -0.1) is 0 Å². The van der Waals surface area contributed by atoms with Gasteiger partial charge in [0.1, 0.15) is 17.1 Å². The largest absolute Gasteiger partial charge is 0.508 e. The van der Waals surface area contributed by atoms with Gasteiger partial charge in [-0.05, 0) is 29.8 Å². The van der Waals surface area contributed by atoms with Gasteiger partial charge in [0.25, 0.3) is 0 Å². The number of phenolic OH excluding ortho intramolecular Hbond substituents is 1. The van der Waals surface area contributed by atoms with E-state index in [9.17, 15) is 31.4 Å². The van der Waals surface area contributed by atoms with Gasteiger partial charge in [0, 0.05) is 11.1 Å². The van der Waals surface area contributed by atoms with Gasteiger partial charge in [-0.2, -0.15) is 31.4 Å². The van der Waals surface area contributed by atoms with Crippen LogP contribution in [0.1, 0.15) is 11.3 Å². The average molecular weight is 422 g/mol. The Morgan fingerprint density at radius 2 is 1.37 bits per heavy atom.